The van der Waals surface area contributed by atoms with E-state index in [2.05, 4.69) is 5.32 Å². The highest BCUT2D eigenvalue weighted by atomic mass is 16.4. The third-order valence-electron chi connectivity index (χ3n) is 2.66. The number of nitrogens with one attached hydrogen (secondary N) is 1. The fourth-order valence-corrected chi connectivity index (χ4v) is 1.74. The van der Waals surface area contributed by atoms with Gasteiger partial charge in [-0.2, -0.15) is 0 Å². The van der Waals surface area contributed by atoms with E-state index in [-0.39, 0.29) is 25.4 Å². The van der Waals surface area contributed by atoms with Crippen molar-refractivity contribution in [1.82, 2.24) is 10.2 Å². The molecular weight excluding hydrogens is 236 g/mol. The Kier molecular flexibility index (Phi) is 3.27. The normalized spacial score (nSPS) is 14.8. The molecule has 0 aromatic heterocycles. The van der Waals surface area contributed by atoms with Crippen LogP contribution in [0.2, 0.25) is 0 Å². The number of carbonyl (C=O) groups is 3. The van der Waals surface area contributed by atoms with E-state index in [4.69, 9.17) is 5.11 Å². The van der Waals surface area contributed by atoms with Crippen LogP contribution in [-0.4, -0.2) is 34.5 Å². The lowest BCUT2D eigenvalue weighted by Gasteiger charge is -2.12. The Balaban J connectivity index is 2.04. The number of benzene rings is 1. The number of aliphatic carboxylic acids is 1. The molecule has 2 N–H and O–H groups in total. The average Bonchev–Trinajstić information content (AvgIpc) is 2.63. The SMILES string of the molecule is O=C(O)Cc1ccc(CN2C(=O)CNC2=O)cc1. The summed E-state index contributed by atoms with van der Waals surface area (Å²) in [7, 11) is 0. The van der Waals surface area contributed by atoms with Crippen molar-refractivity contribution < 1.29 is 19.5 Å². The maximum atomic E-state index is 11.4. The number of rotatable bonds is 4. The molecule has 6 heteroatoms. The predicted octanol–water partition coefficient (Wildman–Crippen LogP) is 0.366. The number of amides is 3. The molecule has 1 heterocycles. The van der Waals surface area contributed by atoms with Crippen LogP contribution in [0.5, 0.6) is 0 Å². The van der Waals surface area contributed by atoms with Crippen molar-refractivity contribution in [2.24, 2.45) is 0 Å². The van der Waals surface area contributed by atoms with Crippen LogP contribution in [0.25, 0.3) is 0 Å². The first-order valence-electron chi connectivity index (χ1n) is 5.44. The molecule has 94 valence electrons. The molecule has 1 aromatic rings. The van der Waals surface area contributed by atoms with Crippen LogP contribution < -0.4 is 5.32 Å². The van der Waals surface area contributed by atoms with E-state index in [0.717, 1.165) is 10.5 Å². The van der Waals surface area contributed by atoms with Crippen LogP contribution in [0.4, 0.5) is 4.79 Å². The maximum Gasteiger partial charge on any atom is 0.324 e. The van der Waals surface area contributed by atoms with Crippen molar-refractivity contribution >= 4 is 17.9 Å². The topological polar surface area (TPSA) is 86.7 Å². The number of hydrogen-bond acceptors (Lipinski definition) is 3. The smallest absolute Gasteiger partial charge is 0.324 e. The Morgan fingerprint density at radius 1 is 1.22 bits per heavy atom. The fraction of sp³-hybridized carbons (Fsp3) is 0.250. The van der Waals surface area contributed by atoms with Crippen LogP contribution in [0.15, 0.2) is 24.3 Å². The zero-order valence-electron chi connectivity index (χ0n) is 9.55. The molecule has 6 nitrogen and oxygen atoms in total. The molecular formula is C12H12N2O4. The summed E-state index contributed by atoms with van der Waals surface area (Å²) in [6.45, 7) is 0.244. The Labute approximate surface area is 103 Å². The standard InChI is InChI=1S/C12H12N2O4/c15-10-6-13-12(18)14(10)7-9-3-1-8(2-4-9)5-11(16)17/h1-4H,5-7H2,(H,13,18)(H,16,17). The van der Waals surface area contributed by atoms with Crippen LogP contribution in [0, 0.1) is 0 Å². The maximum absolute atomic E-state index is 11.4. The highest BCUT2D eigenvalue weighted by Crippen LogP contribution is 2.10. The first-order valence-corrected chi connectivity index (χ1v) is 5.44. The van der Waals surface area contributed by atoms with Crippen molar-refractivity contribution in [2.75, 3.05) is 6.54 Å². The molecule has 0 unspecified atom stereocenters. The molecule has 18 heavy (non-hydrogen) atoms. The van der Waals surface area contributed by atoms with Gasteiger partial charge in [-0.25, -0.2) is 4.79 Å². The fourth-order valence-electron chi connectivity index (χ4n) is 1.74. The lowest BCUT2D eigenvalue weighted by molar-refractivity contribution is -0.136. The summed E-state index contributed by atoms with van der Waals surface area (Å²) < 4.78 is 0. The summed E-state index contributed by atoms with van der Waals surface area (Å²) >= 11 is 0. The monoisotopic (exact) mass is 248 g/mol. The van der Waals surface area contributed by atoms with E-state index < -0.39 is 12.0 Å². The summed E-state index contributed by atoms with van der Waals surface area (Å²) in [5.74, 6) is -1.15. The molecule has 1 fully saturated rings. The number of carboxylic acids is 1. The van der Waals surface area contributed by atoms with Crippen LogP contribution >= 0.6 is 0 Å². The molecule has 1 aliphatic heterocycles. The van der Waals surface area contributed by atoms with E-state index in [1.807, 2.05) is 0 Å². The second-order valence-corrected chi connectivity index (χ2v) is 4.03. The van der Waals surface area contributed by atoms with Gasteiger partial charge in [0.25, 0.3) is 0 Å². The van der Waals surface area contributed by atoms with Gasteiger partial charge >= 0.3 is 12.0 Å². The molecule has 0 radical (unpaired) electrons. The summed E-state index contributed by atoms with van der Waals surface area (Å²) in [6, 6.07) is 6.41. The van der Waals surface area contributed by atoms with Gasteiger partial charge in [-0.15, -0.1) is 0 Å². The van der Waals surface area contributed by atoms with Gasteiger partial charge in [0.2, 0.25) is 5.91 Å². The number of carbonyl (C=O) groups excluding carboxylic acids is 2. The van der Waals surface area contributed by atoms with Gasteiger partial charge in [0.15, 0.2) is 0 Å². The molecule has 0 saturated carbocycles. The molecule has 1 saturated heterocycles. The minimum Gasteiger partial charge on any atom is -0.481 e. The van der Waals surface area contributed by atoms with Crippen LogP contribution in [0.3, 0.4) is 0 Å². The molecule has 0 aliphatic carbocycles. The molecule has 2 rings (SSSR count). The number of carboxylic acid groups (broad SMARTS) is 1. The number of imide groups is 1. The quantitative estimate of drug-likeness (QED) is 0.753. The van der Waals surface area contributed by atoms with Gasteiger partial charge in [0.05, 0.1) is 19.5 Å². The van der Waals surface area contributed by atoms with E-state index in [0.29, 0.717) is 5.56 Å². The highest BCUT2D eigenvalue weighted by molar-refractivity contribution is 6.01. The zero-order valence-corrected chi connectivity index (χ0v) is 9.55. The minimum absolute atomic E-state index is 0.0376. The van der Waals surface area contributed by atoms with E-state index >= 15 is 0 Å². The summed E-state index contributed by atoms with van der Waals surface area (Å²) in [4.78, 5) is 34.3. The Morgan fingerprint density at radius 3 is 2.33 bits per heavy atom. The van der Waals surface area contributed by atoms with Gasteiger partial charge in [0.1, 0.15) is 0 Å². The molecule has 3 amide bonds. The second-order valence-electron chi connectivity index (χ2n) is 4.03. The first kappa shape index (κ1) is 12.1. The Morgan fingerprint density at radius 2 is 1.83 bits per heavy atom. The van der Waals surface area contributed by atoms with E-state index in [1.54, 1.807) is 24.3 Å². The van der Waals surface area contributed by atoms with Gasteiger partial charge in [-0.3, -0.25) is 14.5 Å². The van der Waals surface area contributed by atoms with Crippen molar-refractivity contribution in [2.45, 2.75) is 13.0 Å². The van der Waals surface area contributed by atoms with Gasteiger partial charge in [0, 0.05) is 0 Å². The largest absolute Gasteiger partial charge is 0.481 e. The van der Waals surface area contributed by atoms with Crippen LogP contribution in [0.1, 0.15) is 11.1 Å². The zero-order chi connectivity index (χ0) is 13.1. The second kappa shape index (κ2) is 4.87. The third-order valence-corrected chi connectivity index (χ3v) is 2.66. The highest BCUT2D eigenvalue weighted by Gasteiger charge is 2.28. The number of urea groups is 1. The first-order chi connectivity index (χ1) is 8.56. The van der Waals surface area contributed by atoms with Crippen molar-refractivity contribution in [3.63, 3.8) is 0 Å². The lowest BCUT2D eigenvalue weighted by atomic mass is 10.1. The van der Waals surface area contributed by atoms with Crippen molar-refractivity contribution in [3.05, 3.63) is 35.4 Å². The third kappa shape index (κ3) is 2.65. The Hall–Kier alpha value is -2.37. The van der Waals surface area contributed by atoms with Crippen LogP contribution in [-0.2, 0) is 22.6 Å². The number of nitrogens with zero attached hydrogens (tertiary/aromatic N) is 1. The summed E-state index contributed by atoms with van der Waals surface area (Å²) in [5.41, 5.74) is 1.47. The van der Waals surface area contributed by atoms with E-state index in [9.17, 15) is 14.4 Å². The molecule has 1 aliphatic rings. The average molecular weight is 248 g/mol. The Bertz CT molecular complexity index is 479. The van der Waals surface area contributed by atoms with Crippen molar-refractivity contribution in [3.8, 4) is 0 Å². The summed E-state index contributed by atoms with van der Waals surface area (Å²) in [5, 5.41) is 11.1. The molecule has 0 spiro atoms. The molecule has 0 atom stereocenters. The molecule has 0 bridgehead atoms. The summed E-state index contributed by atoms with van der Waals surface area (Å²) in [6.07, 6.45) is -0.0383. The number of hydrogen-bond donors (Lipinski definition) is 2. The molecule has 1 aromatic carbocycles. The van der Waals surface area contributed by atoms with Crippen molar-refractivity contribution in [1.29, 1.82) is 0 Å². The van der Waals surface area contributed by atoms with E-state index in [1.165, 1.54) is 0 Å². The van der Waals surface area contributed by atoms with Gasteiger partial charge < -0.3 is 10.4 Å². The lowest BCUT2D eigenvalue weighted by Crippen LogP contribution is -2.30. The minimum atomic E-state index is -0.892. The van der Waals surface area contributed by atoms with Gasteiger partial charge in [-0.1, -0.05) is 24.3 Å². The predicted molar refractivity (Wildman–Crippen MR) is 61.7 cm³/mol. The van der Waals surface area contributed by atoms with Gasteiger partial charge in [-0.05, 0) is 11.1 Å².